The van der Waals surface area contributed by atoms with E-state index in [0.717, 1.165) is 13.1 Å². The molecule has 2 N–H and O–H groups in total. The molecule has 0 saturated carbocycles. The lowest BCUT2D eigenvalue weighted by Crippen LogP contribution is -2.04. The topological polar surface area (TPSA) is 79.4 Å². The number of nitrogens with one attached hydrogen (secondary N) is 2. The fraction of sp³-hybridized carbons (Fsp3) is 0.375. The average Bonchev–Trinajstić information content (AvgIpc) is 2.91. The van der Waals surface area contributed by atoms with Gasteiger partial charge in [-0.3, -0.25) is 4.99 Å². The van der Waals surface area contributed by atoms with Crippen molar-refractivity contribution in [3.8, 4) is 0 Å². The first-order valence-electron chi connectivity index (χ1n) is 4.13. The van der Waals surface area contributed by atoms with Gasteiger partial charge < -0.3 is 15.0 Å². The van der Waals surface area contributed by atoms with Gasteiger partial charge in [0.1, 0.15) is 5.69 Å². The molecule has 0 fully saturated rings. The maximum Gasteiger partial charge on any atom is 0.356 e. The Morgan fingerprint density at radius 1 is 1.64 bits per heavy atom. The number of rotatable bonds is 1. The molecule has 0 atom stereocenters. The van der Waals surface area contributed by atoms with Crippen LogP contribution in [-0.2, 0) is 4.74 Å². The highest BCUT2D eigenvalue weighted by molar-refractivity contribution is 5.86. The van der Waals surface area contributed by atoms with Gasteiger partial charge in [-0.1, -0.05) is 0 Å². The first-order chi connectivity index (χ1) is 6.84. The zero-order valence-electron chi connectivity index (χ0n) is 7.86. The van der Waals surface area contributed by atoms with E-state index in [0.29, 0.717) is 5.69 Å². The molecule has 6 heteroatoms. The molecule has 76 valence electrons. The first kappa shape index (κ1) is 10.2. The summed E-state index contributed by atoms with van der Waals surface area (Å²) in [5, 5.41) is 2.93. The van der Waals surface area contributed by atoms with Gasteiger partial charge in [-0.25, -0.2) is 9.78 Å². The lowest BCUT2D eigenvalue weighted by atomic mass is 10.5. The summed E-state index contributed by atoms with van der Waals surface area (Å²) < 4.78 is 4.38. The Morgan fingerprint density at radius 2 is 2.50 bits per heavy atom. The Bertz CT molecular complexity index is 288. The third-order valence-electron chi connectivity index (χ3n) is 1.47. The van der Waals surface area contributed by atoms with Crippen LogP contribution >= 0.6 is 0 Å². The van der Waals surface area contributed by atoms with Gasteiger partial charge in [0.05, 0.1) is 32.5 Å². The molecule has 2 rings (SSSR count). The highest BCUT2D eigenvalue weighted by Gasteiger charge is 2.03. The van der Waals surface area contributed by atoms with Gasteiger partial charge in [0.2, 0.25) is 0 Å². The van der Waals surface area contributed by atoms with E-state index in [4.69, 9.17) is 0 Å². The van der Waals surface area contributed by atoms with Gasteiger partial charge in [-0.05, 0) is 0 Å². The zero-order valence-corrected chi connectivity index (χ0v) is 7.86. The van der Waals surface area contributed by atoms with Gasteiger partial charge in [-0.2, -0.15) is 0 Å². The summed E-state index contributed by atoms with van der Waals surface area (Å²) in [6, 6.07) is 0. The minimum atomic E-state index is -0.396. The molecule has 0 spiro atoms. The van der Waals surface area contributed by atoms with Crippen LogP contribution in [0.3, 0.4) is 0 Å². The van der Waals surface area contributed by atoms with Crippen molar-refractivity contribution >= 4 is 12.3 Å². The van der Waals surface area contributed by atoms with E-state index >= 15 is 0 Å². The first-order valence-corrected chi connectivity index (χ1v) is 4.13. The summed E-state index contributed by atoms with van der Waals surface area (Å²) >= 11 is 0. The molecule has 2 heterocycles. The molecule has 1 aromatic heterocycles. The Balaban J connectivity index is 0.000000165. The summed E-state index contributed by atoms with van der Waals surface area (Å²) in [5.74, 6) is -0.396. The zero-order chi connectivity index (χ0) is 10.2. The molecule has 0 bridgehead atoms. The van der Waals surface area contributed by atoms with E-state index in [2.05, 4.69) is 25.0 Å². The predicted octanol–water partition coefficient (Wildman–Crippen LogP) is -0.186. The molecular formula is C8H12N4O2. The van der Waals surface area contributed by atoms with Crippen LogP contribution in [0.5, 0.6) is 0 Å². The normalized spacial score (nSPS) is 12.6. The molecule has 1 aliphatic heterocycles. The Morgan fingerprint density at radius 3 is 2.86 bits per heavy atom. The van der Waals surface area contributed by atoms with Crippen molar-refractivity contribution in [2.24, 2.45) is 4.99 Å². The predicted molar refractivity (Wildman–Crippen MR) is 51.3 cm³/mol. The monoisotopic (exact) mass is 196 g/mol. The molecule has 14 heavy (non-hydrogen) atoms. The molecule has 6 nitrogen and oxygen atoms in total. The van der Waals surface area contributed by atoms with Crippen molar-refractivity contribution in [2.75, 3.05) is 20.2 Å². The molecule has 0 unspecified atom stereocenters. The van der Waals surface area contributed by atoms with Crippen LogP contribution in [-0.4, -0.2) is 42.5 Å². The van der Waals surface area contributed by atoms with E-state index in [1.54, 1.807) is 6.34 Å². The maximum absolute atomic E-state index is 10.6. The average molecular weight is 196 g/mol. The van der Waals surface area contributed by atoms with Crippen LogP contribution < -0.4 is 5.32 Å². The number of methoxy groups -OCH3 is 1. The van der Waals surface area contributed by atoms with Crippen molar-refractivity contribution < 1.29 is 9.53 Å². The van der Waals surface area contributed by atoms with E-state index in [1.807, 2.05) is 0 Å². The Kier molecular flexibility index (Phi) is 4.19. The number of aromatic nitrogens is 2. The maximum atomic E-state index is 10.6. The van der Waals surface area contributed by atoms with E-state index in [9.17, 15) is 4.79 Å². The molecule has 0 aliphatic carbocycles. The Labute approximate surface area is 81.4 Å². The number of carbonyl (C=O) groups excluding carboxylic acids is 1. The summed E-state index contributed by atoms with van der Waals surface area (Å²) in [7, 11) is 1.32. The van der Waals surface area contributed by atoms with Crippen molar-refractivity contribution in [1.29, 1.82) is 0 Å². The molecule has 0 saturated heterocycles. The highest BCUT2D eigenvalue weighted by atomic mass is 16.5. The van der Waals surface area contributed by atoms with E-state index in [-0.39, 0.29) is 0 Å². The molecule has 1 aliphatic rings. The number of H-pyrrole nitrogens is 1. The van der Waals surface area contributed by atoms with Crippen molar-refractivity contribution in [3.63, 3.8) is 0 Å². The van der Waals surface area contributed by atoms with Crippen molar-refractivity contribution in [3.05, 3.63) is 18.2 Å². The number of hydrogen-bond acceptors (Lipinski definition) is 5. The number of aromatic amines is 1. The van der Waals surface area contributed by atoms with Gasteiger partial charge in [0.25, 0.3) is 0 Å². The lowest BCUT2D eigenvalue weighted by Gasteiger charge is -1.90. The van der Waals surface area contributed by atoms with Crippen LogP contribution in [0.2, 0.25) is 0 Å². The minimum Gasteiger partial charge on any atom is -0.464 e. The summed E-state index contributed by atoms with van der Waals surface area (Å²) in [6.07, 6.45) is 4.57. The second-order valence-electron chi connectivity index (χ2n) is 2.45. The molecule has 0 radical (unpaired) electrons. The largest absolute Gasteiger partial charge is 0.464 e. The quantitative estimate of drug-likeness (QED) is 0.610. The van der Waals surface area contributed by atoms with Crippen LogP contribution in [0, 0.1) is 0 Å². The number of hydrogen-bond donors (Lipinski definition) is 2. The standard InChI is InChI=1S/C5H6N2O2.C3H6N2/c1-9-5(8)4-2-6-3-7-4;1-2-5-3-4-1/h2-3H,1H3,(H,6,7);3H,1-2H2,(H,4,5). The Hall–Kier alpha value is -1.85. The number of esters is 1. The number of ether oxygens (including phenoxy) is 1. The van der Waals surface area contributed by atoms with Gasteiger partial charge in [0.15, 0.2) is 0 Å². The number of imidazole rings is 1. The van der Waals surface area contributed by atoms with Crippen LogP contribution in [0.4, 0.5) is 0 Å². The van der Waals surface area contributed by atoms with Gasteiger partial charge in [0, 0.05) is 6.54 Å². The van der Waals surface area contributed by atoms with Crippen LogP contribution in [0.25, 0.3) is 0 Å². The van der Waals surface area contributed by atoms with Crippen LogP contribution in [0.1, 0.15) is 10.5 Å². The second kappa shape index (κ2) is 5.74. The summed E-state index contributed by atoms with van der Waals surface area (Å²) in [6.45, 7) is 1.99. The lowest BCUT2D eigenvalue weighted by molar-refractivity contribution is 0.0594. The van der Waals surface area contributed by atoms with Crippen molar-refractivity contribution in [2.45, 2.75) is 0 Å². The van der Waals surface area contributed by atoms with E-state index < -0.39 is 5.97 Å². The molecule has 0 aromatic carbocycles. The number of aliphatic imine (C=N–C) groups is 1. The molecular weight excluding hydrogens is 184 g/mol. The number of nitrogens with zero attached hydrogens (tertiary/aromatic N) is 2. The van der Waals surface area contributed by atoms with E-state index in [1.165, 1.54) is 19.6 Å². The minimum absolute atomic E-state index is 0.373. The summed E-state index contributed by atoms with van der Waals surface area (Å²) in [5.41, 5.74) is 0.373. The second-order valence-corrected chi connectivity index (χ2v) is 2.45. The SMILES string of the molecule is C1=NCCN1.COC(=O)c1cnc[nH]1. The third kappa shape index (κ3) is 3.26. The third-order valence-corrected chi connectivity index (χ3v) is 1.47. The highest BCUT2D eigenvalue weighted by Crippen LogP contribution is 1.91. The summed E-state index contributed by atoms with van der Waals surface area (Å²) in [4.78, 5) is 20.7. The van der Waals surface area contributed by atoms with Gasteiger partial charge >= 0.3 is 5.97 Å². The van der Waals surface area contributed by atoms with Crippen molar-refractivity contribution in [1.82, 2.24) is 15.3 Å². The number of carbonyl (C=O) groups is 1. The fourth-order valence-electron chi connectivity index (χ4n) is 0.800. The van der Waals surface area contributed by atoms with Crippen LogP contribution in [0.15, 0.2) is 17.5 Å². The van der Waals surface area contributed by atoms with Gasteiger partial charge in [-0.15, -0.1) is 0 Å². The fourth-order valence-corrected chi connectivity index (χ4v) is 0.800. The molecule has 1 aromatic rings. The smallest absolute Gasteiger partial charge is 0.356 e. The molecule has 0 amide bonds.